The van der Waals surface area contributed by atoms with Crippen LogP contribution in [0, 0.1) is 11.3 Å². The fourth-order valence-corrected chi connectivity index (χ4v) is 4.33. The first-order valence-corrected chi connectivity index (χ1v) is 9.23. The van der Waals surface area contributed by atoms with Gasteiger partial charge in [-0.3, -0.25) is 14.0 Å². The van der Waals surface area contributed by atoms with Crippen molar-refractivity contribution in [3.8, 4) is 0 Å². The summed E-state index contributed by atoms with van der Waals surface area (Å²) in [6.45, 7) is 8.27. The molecule has 134 valence electrons. The van der Waals surface area contributed by atoms with Gasteiger partial charge < -0.3 is 0 Å². The van der Waals surface area contributed by atoms with Crippen molar-refractivity contribution in [3.05, 3.63) is 34.4 Å². The topological polar surface area (TPSA) is 43.1 Å². The molecule has 1 saturated heterocycles. The van der Waals surface area contributed by atoms with E-state index in [0.29, 0.717) is 18.5 Å². The Kier molecular flexibility index (Phi) is 3.69. The van der Waals surface area contributed by atoms with Crippen molar-refractivity contribution in [1.82, 2.24) is 19.0 Å². The molecule has 0 radical (unpaired) electrons. The Labute approximate surface area is 149 Å². The number of fused-ring (bicyclic) bond motifs is 3. The summed E-state index contributed by atoms with van der Waals surface area (Å²) < 4.78 is 3.56. The number of pyridine rings is 1. The maximum absolute atomic E-state index is 12.7. The van der Waals surface area contributed by atoms with Crippen LogP contribution in [0.3, 0.4) is 0 Å². The second kappa shape index (κ2) is 5.56. The molecule has 25 heavy (non-hydrogen) atoms. The highest BCUT2D eigenvalue weighted by molar-refractivity contribution is 5.77. The Morgan fingerprint density at radius 2 is 1.96 bits per heavy atom. The van der Waals surface area contributed by atoms with E-state index in [1.165, 1.54) is 18.4 Å². The van der Waals surface area contributed by atoms with Crippen LogP contribution in [0.2, 0.25) is 0 Å². The van der Waals surface area contributed by atoms with Crippen molar-refractivity contribution < 1.29 is 0 Å². The highest BCUT2D eigenvalue weighted by atomic mass is 16.1. The van der Waals surface area contributed by atoms with Gasteiger partial charge >= 0.3 is 5.69 Å². The minimum absolute atomic E-state index is 0.0217. The first kappa shape index (κ1) is 16.6. The molecule has 5 heteroatoms. The molecule has 5 nitrogen and oxygen atoms in total. The van der Waals surface area contributed by atoms with E-state index in [9.17, 15) is 4.79 Å². The summed E-state index contributed by atoms with van der Waals surface area (Å²) in [7, 11) is 4.03. The van der Waals surface area contributed by atoms with Gasteiger partial charge in [0.05, 0.1) is 11.2 Å². The van der Waals surface area contributed by atoms with E-state index < -0.39 is 0 Å². The van der Waals surface area contributed by atoms with Crippen molar-refractivity contribution >= 4 is 16.7 Å². The fourth-order valence-electron chi connectivity index (χ4n) is 4.33. The Morgan fingerprint density at radius 1 is 1.20 bits per heavy atom. The quantitative estimate of drug-likeness (QED) is 0.844. The maximum Gasteiger partial charge on any atom is 0.330 e. The van der Waals surface area contributed by atoms with Crippen LogP contribution in [0.15, 0.2) is 23.0 Å². The minimum atomic E-state index is 0.0217. The molecule has 3 aliphatic rings. The molecule has 0 aromatic carbocycles. The number of piperidine rings is 1. The molecule has 5 rings (SSSR count). The van der Waals surface area contributed by atoms with Crippen LogP contribution >= 0.6 is 0 Å². The number of hydrogen-bond donors (Lipinski definition) is 0. The van der Waals surface area contributed by atoms with Crippen LogP contribution in [-0.2, 0) is 13.6 Å². The van der Waals surface area contributed by atoms with E-state index in [1.807, 2.05) is 11.6 Å². The van der Waals surface area contributed by atoms with Crippen LogP contribution in [-0.4, -0.2) is 38.7 Å². The zero-order valence-corrected chi connectivity index (χ0v) is 15.9. The predicted molar refractivity (Wildman–Crippen MR) is 102 cm³/mol. The molecular formula is C20H28N4O. The lowest BCUT2D eigenvalue weighted by molar-refractivity contribution is 0.178. The lowest BCUT2D eigenvalue weighted by Crippen LogP contribution is -2.44. The van der Waals surface area contributed by atoms with Crippen molar-refractivity contribution in [2.75, 3.05) is 13.6 Å². The van der Waals surface area contributed by atoms with Crippen LogP contribution < -0.4 is 5.69 Å². The van der Waals surface area contributed by atoms with Crippen LogP contribution in [0.4, 0.5) is 0 Å². The molecule has 2 atom stereocenters. The molecule has 1 fully saturated rings. The summed E-state index contributed by atoms with van der Waals surface area (Å²) in [6.07, 6.45) is 4.87. The van der Waals surface area contributed by atoms with E-state index in [-0.39, 0.29) is 11.1 Å². The normalized spacial score (nSPS) is 24.1. The molecule has 2 aliphatic heterocycles. The smallest absolute Gasteiger partial charge is 0.299 e. The van der Waals surface area contributed by atoms with Gasteiger partial charge in [0.1, 0.15) is 0 Å². The fraction of sp³-hybridized carbons (Fsp3) is 0.600. The largest absolute Gasteiger partial charge is 0.330 e. The van der Waals surface area contributed by atoms with Crippen molar-refractivity contribution in [1.29, 1.82) is 0 Å². The van der Waals surface area contributed by atoms with Gasteiger partial charge in [0.2, 0.25) is 0 Å². The number of nitrogens with zero attached hydrogens (tertiary/aromatic N) is 4. The first-order chi connectivity index (χ1) is 11.7. The third-order valence-corrected chi connectivity index (χ3v) is 5.61. The molecule has 4 heterocycles. The molecule has 2 aromatic heterocycles. The molecule has 0 N–H and O–H groups in total. The Hall–Kier alpha value is -1.88. The maximum atomic E-state index is 12.7. The Balaban J connectivity index is 1.81. The number of aryl methyl sites for hydroxylation is 1. The highest BCUT2D eigenvalue weighted by Crippen LogP contribution is 2.38. The van der Waals surface area contributed by atoms with Gasteiger partial charge in [0.25, 0.3) is 0 Å². The third-order valence-electron chi connectivity index (χ3n) is 5.61. The molecule has 1 aliphatic carbocycles. The number of rotatable bonds is 2. The number of likely N-dealkylation sites (N-methyl/N-ethyl adjacent to an activating group) is 1. The van der Waals surface area contributed by atoms with E-state index >= 15 is 0 Å². The SMILES string of the molecule is CN1CC2CCC1C=C2c1ccc2c(n1)n(C)c(=O)n2CC(C)(C)C. The standard InChI is InChI=1S/C20H28N4O/c1-20(2,3)12-24-17-9-8-16(21-18(17)23(5)19(24)25)15-10-14-7-6-13(15)11-22(14)4/h8-10,13-14H,6-7,11-12H2,1-5H3. The molecule has 0 spiro atoms. The molecule has 0 saturated carbocycles. The Bertz CT molecular complexity index is 912. The van der Waals surface area contributed by atoms with Gasteiger partial charge in [-0.1, -0.05) is 26.8 Å². The van der Waals surface area contributed by atoms with Gasteiger partial charge in [0.15, 0.2) is 5.65 Å². The zero-order valence-electron chi connectivity index (χ0n) is 15.9. The van der Waals surface area contributed by atoms with Crippen LogP contribution in [0.5, 0.6) is 0 Å². The van der Waals surface area contributed by atoms with E-state index in [2.05, 4.69) is 50.9 Å². The molecular weight excluding hydrogens is 312 g/mol. The lowest BCUT2D eigenvalue weighted by atomic mass is 9.79. The van der Waals surface area contributed by atoms with Gasteiger partial charge in [-0.15, -0.1) is 0 Å². The monoisotopic (exact) mass is 340 g/mol. The van der Waals surface area contributed by atoms with Gasteiger partial charge in [-0.2, -0.15) is 0 Å². The van der Waals surface area contributed by atoms with Crippen LogP contribution in [0.1, 0.15) is 39.3 Å². The Morgan fingerprint density at radius 3 is 2.56 bits per heavy atom. The average Bonchev–Trinajstić information content (AvgIpc) is 2.78. The number of aromatic nitrogens is 3. The third kappa shape index (κ3) is 2.74. The van der Waals surface area contributed by atoms with Gasteiger partial charge in [-0.05, 0) is 48.9 Å². The molecule has 2 bridgehead atoms. The van der Waals surface area contributed by atoms with Gasteiger partial charge in [0, 0.05) is 26.2 Å². The summed E-state index contributed by atoms with van der Waals surface area (Å²) >= 11 is 0. The summed E-state index contributed by atoms with van der Waals surface area (Å²) in [5.41, 5.74) is 4.21. The molecule has 2 aromatic rings. The zero-order chi connectivity index (χ0) is 17.9. The number of imidazole rings is 1. The first-order valence-electron chi connectivity index (χ1n) is 9.23. The highest BCUT2D eigenvalue weighted by Gasteiger charge is 2.33. The summed E-state index contributed by atoms with van der Waals surface area (Å²) in [5, 5.41) is 0. The van der Waals surface area contributed by atoms with Crippen molar-refractivity contribution in [3.63, 3.8) is 0 Å². The van der Waals surface area contributed by atoms with E-state index in [0.717, 1.165) is 23.4 Å². The lowest BCUT2D eigenvalue weighted by Gasteiger charge is -2.42. The minimum Gasteiger partial charge on any atom is -0.299 e. The average molecular weight is 340 g/mol. The molecule has 0 amide bonds. The predicted octanol–water partition coefficient (Wildman–Crippen LogP) is 2.89. The number of hydrogen-bond acceptors (Lipinski definition) is 3. The summed E-state index contributed by atoms with van der Waals surface area (Å²) in [4.78, 5) is 20.0. The van der Waals surface area contributed by atoms with E-state index in [1.54, 1.807) is 4.57 Å². The van der Waals surface area contributed by atoms with Crippen LogP contribution in [0.25, 0.3) is 16.7 Å². The second-order valence-corrected chi connectivity index (χ2v) is 8.93. The van der Waals surface area contributed by atoms with Crippen molar-refractivity contribution in [2.24, 2.45) is 18.4 Å². The van der Waals surface area contributed by atoms with Gasteiger partial charge in [-0.25, -0.2) is 9.78 Å². The van der Waals surface area contributed by atoms with Crippen molar-refractivity contribution in [2.45, 2.75) is 46.2 Å². The summed E-state index contributed by atoms with van der Waals surface area (Å²) in [5.74, 6) is 0.564. The molecule has 2 unspecified atom stereocenters. The summed E-state index contributed by atoms with van der Waals surface area (Å²) in [6, 6.07) is 4.72. The van der Waals surface area contributed by atoms with E-state index in [4.69, 9.17) is 4.98 Å². The second-order valence-electron chi connectivity index (χ2n) is 8.93.